The summed E-state index contributed by atoms with van der Waals surface area (Å²) in [7, 11) is 0. The number of aryl methyl sites for hydroxylation is 2. The zero-order valence-electron chi connectivity index (χ0n) is 19.2. The van der Waals surface area contributed by atoms with Crippen molar-refractivity contribution in [2.24, 2.45) is 0 Å². The first-order chi connectivity index (χ1) is 16.0. The highest BCUT2D eigenvalue weighted by atomic mass is 16.5. The molecule has 33 heavy (non-hydrogen) atoms. The molecule has 1 saturated heterocycles. The van der Waals surface area contributed by atoms with Gasteiger partial charge in [0.05, 0.1) is 5.69 Å². The molecule has 4 heterocycles. The first kappa shape index (κ1) is 21.3. The lowest BCUT2D eigenvalue weighted by molar-refractivity contribution is 0.206. The maximum Gasteiger partial charge on any atom is 0.317 e. The Morgan fingerprint density at radius 3 is 2.91 bits per heavy atom. The van der Waals surface area contributed by atoms with E-state index in [1.54, 1.807) is 6.20 Å². The molecule has 3 N–H and O–H groups in total. The molecule has 2 aliphatic heterocycles. The molecule has 172 valence electrons. The number of carbonyl (C=O) groups excluding carboxylic acids is 1. The molecule has 1 fully saturated rings. The van der Waals surface area contributed by atoms with Crippen molar-refractivity contribution in [2.75, 3.05) is 25.4 Å². The standard InChI is InChI=1S/C25H30N6O2/c1-3-27-24(32)30-9-7-25(16-30)8-10-31-22(25)13-20(29-31)19-12-21(23(26)28-14-19)33-15-18-6-4-5-17(2)11-18/h4-6,11-14H,3,7-10,15-16H2,1-2H3,(H2,26,28)(H,27,32)/t25-/m1/s1. The van der Waals surface area contributed by atoms with Crippen LogP contribution in [0.5, 0.6) is 5.75 Å². The van der Waals surface area contributed by atoms with Gasteiger partial charge in [0.2, 0.25) is 0 Å². The van der Waals surface area contributed by atoms with Crippen molar-refractivity contribution < 1.29 is 9.53 Å². The predicted octanol–water partition coefficient (Wildman–Crippen LogP) is 3.49. The number of carbonyl (C=O) groups is 1. The average Bonchev–Trinajstić information content (AvgIpc) is 3.50. The molecular formula is C25H30N6O2. The number of nitrogens with one attached hydrogen (secondary N) is 1. The quantitative estimate of drug-likeness (QED) is 0.625. The highest BCUT2D eigenvalue weighted by Crippen LogP contribution is 2.44. The number of rotatable bonds is 5. The van der Waals surface area contributed by atoms with Crippen LogP contribution in [0.2, 0.25) is 0 Å². The van der Waals surface area contributed by atoms with Crippen molar-refractivity contribution >= 4 is 11.8 Å². The Kier molecular flexibility index (Phi) is 5.44. The van der Waals surface area contributed by atoms with Crippen LogP contribution in [-0.2, 0) is 18.6 Å². The van der Waals surface area contributed by atoms with Crippen LogP contribution < -0.4 is 15.8 Å². The minimum atomic E-state index is -0.0257. The van der Waals surface area contributed by atoms with Crippen LogP contribution in [0.4, 0.5) is 10.6 Å². The van der Waals surface area contributed by atoms with Gasteiger partial charge in [-0.25, -0.2) is 9.78 Å². The van der Waals surface area contributed by atoms with Gasteiger partial charge in [0.15, 0.2) is 11.6 Å². The molecule has 0 aliphatic carbocycles. The number of ether oxygens (including phenoxy) is 1. The second kappa shape index (κ2) is 8.42. The summed E-state index contributed by atoms with van der Waals surface area (Å²) in [5.74, 6) is 0.920. The number of nitrogens with zero attached hydrogens (tertiary/aromatic N) is 4. The number of aromatic nitrogens is 3. The van der Waals surface area contributed by atoms with Gasteiger partial charge < -0.3 is 20.7 Å². The summed E-state index contributed by atoms with van der Waals surface area (Å²) in [4.78, 5) is 18.6. The molecule has 2 aromatic heterocycles. The molecule has 5 rings (SSSR count). The topological polar surface area (TPSA) is 98.3 Å². The van der Waals surface area contributed by atoms with Gasteiger partial charge >= 0.3 is 6.03 Å². The van der Waals surface area contributed by atoms with Gasteiger partial charge in [0.1, 0.15) is 6.61 Å². The summed E-state index contributed by atoms with van der Waals surface area (Å²) >= 11 is 0. The van der Waals surface area contributed by atoms with Gasteiger partial charge in [-0.3, -0.25) is 4.68 Å². The predicted molar refractivity (Wildman–Crippen MR) is 127 cm³/mol. The van der Waals surface area contributed by atoms with Gasteiger partial charge in [-0.2, -0.15) is 5.10 Å². The van der Waals surface area contributed by atoms with Crippen LogP contribution in [0, 0.1) is 6.92 Å². The van der Waals surface area contributed by atoms with Crippen molar-refractivity contribution in [1.29, 1.82) is 0 Å². The molecule has 0 radical (unpaired) electrons. The minimum absolute atomic E-state index is 0.0192. The molecule has 1 aromatic carbocycles. The molecule has 2 amide bonds. The van der Waals surface area contributed by atoms with Gasteiger partial charge in [-0.05, 0) is 44.4 Å². The van der Waals surface area contributed by atoms with E-state index in [9.17, 15) is 4.79 Å². The molecule has 0 unspecified atom stereocenters. The Bertz CT molecular complexity index is 1190. The van der Waals surface area contributed by atoms with E-state index in [-0.39, 0.29) is 11.4 Å². The fourth-order valence-corrected chi connectivity index (χ4v) is 5.00. The monoisotopic (exact) mass is 446 g/mol. The summed E-state index contributed by atoms with van der Waals surface area (Å²) in [6.07, 6.45) is 3.71. The van der Waals surface area contributed by atoms with E-state index in [2.05, 4.69) is 40.1 Å². The zero-order valence-corrected chi connectivity index (χ0v) is 19.2. The lowest BCUT2D eigenvalue weighted by atomic mass is 9.82. The van der Waals surface area contributed by atoms with Crippen molar-refractivity contribution in [3.63, 3.8) is 0 Å². The molecule has 1 spiro atoms. The molecule has 0 saturated carbocycles. The Hall–Kier alpha value is -3.55. The number of amides is 2. The number of likely N-dealkylation sites (tertiary alicyclic amines) is 1. The number of hydrogen-bond acceptors (Lipinski definition) is 5. The Morgan fingerprint density at radius 2 is 2.09 bits per heavy atom. The van der Waals surface area contributed by atoms with E-state index < -0.39 is 0 Å². The fraction of sp³-hybridized carbons (Fsp3) is 0.400. The molecule has 8 nitrogen and oxygen atoms in total. The molecule has 3 aromatic rings. The van der Waals surface area contributed by atoms with Gasteiger partial charge in [-0.1, -0.05) is 29.8 Å². The first-order valence-corrected chi connectivity index (χ1v) is 11.5. The third-order valence-electron chi connectivity index (χ3n) is 6.75. The summed E-state index contributed by atoms with van der Waals surface area (Å²) < 4.78 is 8.08. The van der Waals surface area contributed by atoms with E-state index in [0.717, 1.165) is 49.3 Å². The van der Waals surface area contributed by atoms with Gasteiger partial charge in [-0.15, -0.1) is 0 Å². The number of pyridine rings is 1. The van der Waals surface area contributed by atoms with Crippen LogP contribution in [0.1, 0.15) is 36.6 Å². The minimum Gasteiger partial charge on any atom is -0.485 e. The van der Waals surface area contributed by atoms with Gasteiger partial charge in [0, 0.05) is 49.0 Å². The van der Waals surface area contributed by atoms with Crippen LogP contribution >= 0.6 is 0 Å². The summed E-state index contributed by atoms with van der Waals surface area (Å²) in [5, 5.41) is 7.77. The lowest BCUT2D eigenvalue weighted by Crippen LogP contribution is -2.40. The summed E-state index contributed by atoms with van der Waals surface area (Å²) in [5.41, 5.74) is 11.3. The molecule has 2 aliphatic rings. The third kappa shape index (κ3) is 4.01. The number of urea groups is 1. The van der Waals surface area contributed by atoms with Gasteiger partial charge in [0.25, 0.3) is 0 Å². The van der Waals surface area contributed by atoms with E-state index in [4.69, 9.17) is 15.6 Å². The highest BCUT2D eigenvalue weighted by molar-refractivity contribution is 5.75. The SMILES string of the molecule is CCNC(=O)N1CC[C@@]2(CCn3nc(-c4cnc(N)c(OCc5cccc(C)c5)c4)cc32)C1. The Labute approximate surface area is 193 Å². The van der Waals surface area contributed by atoms with Crippen LogP contribution in [0.25, 0.3) is 11.3 Å². The molecule has 1 atom stereocenters. The zero-order chi connectivity index (χ0) is 23.0. The lowest BCUT2D eigenvalue weighted by Gasteiger charge is -2.23. The molecule has 0 bridgehead atoms. The highest BCUT2D eigenvalue weighted by Gasteiger charge is 2.46. The smallest absolute Gasteiger partial charge is 0.317 e. The summed E-state index contributed by atoms with van der Waals surface area (Å²) in [6.45, 7) is 7.43. The van der Waals surface area contributed by atoms with Crippen LogP contribution in [0.15, 0.2) is 42.6 Å². The molecular weight excluding hydrogens is 416 g/mol. The number of nitrogen functional groups attached to an aromatic ring is 1. The second-order valence-corrected chi connectivity index (χ2v) is 9.06. The number of hydrogen-bond donors (Lipinski definition) is 2. The normalized spacial score (nSPS) is 19.2. The fourth-order valence-electron chi connectivity index (χ4n) is 5.00. The van der Waals surface area contributed by atoms with E-state index in [1.807, 2.05) is 30.0 Å². The van der Waals surface area contributed by atoms with E-state index >= 15 is 0 Å². The number of fused-ring (bicyclic) bond motifs is 2. The maximum absolute atomic E-state index is 12.3. The van der Waals surface area contributed by atoms with Crippen molar-refractivity contribution in [3.05, 3.63) is 59.4 Å². The molecule has 8 heteroatoms. The van der Waals surface area contributed by atoms with E-state index in [0.29, 0.717) is 24.7 Å². The Balaban J connectivity index is 1.36. The van der Waals surface area contributed by atoms with Crippen LogP contribution in [-0.4, -0.2) is 45.3 Å². The van der Waals surface area contributed by atoms with Crippen molar-refractivity contribution in [3.8, 4) is 17.0 Å². The summed E-state index contributed by atoms with van der Waals surface area (Å²) in [6, 6.07) is 12.3. The largest absolute Gasteiger partial charge is 0.485 e. The first-order valence-electron chi connectivity index (χ1n) is 11.5. The maximum atomic E-state index is 12.3. The number of anilines is 1. The van der Waals surface area contributed by atoms with Crippen molar-refractivity contribution in [2.45, 2.75) is 45.3 Å². The second-order valence-electron chi connectivity index (χ2n) is 9.06. The van der Waals surface area contributed by atoms with Crippen LogP contribution in [0.3, 0.4) is 0 Å². The van der Waals surface area contributed by atoms with E-state index in [1.165, 1.54) is 11.3 Å². The van der Waals surface area contributed by atoms with Crippen molar-refractivity contribution in [1.82, 2.24) is 25.0 Å². The third-order valence-corrected chi connectivity index (χ3v) is 6.75. The average molecular weight is 447 g/mol. The Morgan fingerprint density at radius 1 is 1.24 bits per heavy atom. The number of nitrogens with two attached hydrogens (primary N) is 1. The number of benzene rings is 1.